The smallest absolute Gasteiger partial charge is 0.0947 e. The average Bonchev–Trinajstić information content (AvgIpc) is 3.06. The van der Waals surface area contributed by atoms with Crippen molar-refractivity contribution in [1.82, 2.24) is 14.9 Å². The number of aryl methyl sites for hydroxylation is 1. The van der Waals surface area contributed by atoms with Crippen molar-refractivity contribution in [3.05, 3.63) is 18.2 Å². The summed E-state index contributed by atoms with van der Waals surface area (Å²) in [6, 6.07) is 0.322. The molecular formula is C15H25N3O2. The van der Waals surface area contributed by atoms with Crippen LogP contribution in [0.2, 0.25) is 0 Å². The Bertz CT molecular complexity index is 440. The van der Waals surface area contributed by atoms with Gasteiger partial charge in [-0.1, -0.05) is 6.92 Å². The summed E-state index contributed by atoms with van der Waals surface area (Å²) in [6.07, 6.45) is 7.20. The van der Waals surface area contributed by atoms with Crippen LogP contribution in [0.1, 0.15) is 37.9 Å². The summed E-state index contributed by atoms with van der Waals surface area (Å²) < 4.78 is 13.6. The van der Waals surface area contributed by atoms with Gasteiger partial charge in [0.15, 0.2) is 0 Å². The molecule has 0 aromatic carbocycles. The van der Waals surface area contributed by atoms with Crippen LogP contribution in [-0.2, 0) is 16.5 Å². The first kappa shape index (κ1) is 14.0. The van der Waals surface area contributed by atoms with E-state index in [1.165, 1.54) is 0 Å². The molecular weight excluding hydrogens is 254 g/mol. The molecule has 3 unspecified atom stereocenters. The van der Waals surface area contributed by atoms with E-state index < -0.39 is 0 Å². The Kier molecular flexibility index (Phi) is 4.10. The highest BCUT2D eigenvalue weighted by atomic mass is 16.6. The van der Waals surface area contributed by atoms with Crippen molar-refractivity contribution in [2.24, 2.45) is 13.0 Å². The Labute approximate surface area is 120 Å². The van der Waals surface area contributed by atoms with Gasteiger partial charge in [-0.05, 0) is 25.3 Å². The van der Waals surface area contributed by atoms with Gasteiger partial charge >= 0.3 is 0 Å². The van der Waals surface area contributed by atoms with Crippen molar-refractivity contribution in [3.8, 4) is 0 Å². The molecule has 2 fully saturated rings. The quantitative estimate of drug-likeness (QED) is 0.910. The summed E-state index contributed by atoms with van der Waals surface area (Å²) in [5.41, 5.74) is 1.11. The summed E-state index contributed by atoms with van der Waals surface area (Å²) in [6.45, 7) is 5.54. The molecule has 0 radical (unpaired) electrons. The van der Waals surface area contributed by atoms with E-state index >= 15 is 0 Å². The summed E-state index contributed by atoms with van der Waals surface area (Å²) in [5.74, 6) is 0.570. The minimum absolute atomic E-state index is 0.0363. The number of rotatable bonds is 4. The second kappa shape index (κ2) is 5.84. The fourth-order valence-corrected chi connectivity index (χ4v) is 3.54. The Morgan fingerprint density at radius 3 is 3.10 bits per heavy atom. The molecule has 2 aliphatic heterocycles. The van der Waals surface area contributed by atoms with E-state index in [1.54, 1.807) is 0 Å². The molecule has 3 atom stereocenters. The van der Waals surface area contributed by atoms with E-state index in [1.807, 2.05) is 17.9 Å². The standard InChI is InChI=1S/C15H25N3O2/c1-3-16-14(13-9-18(2)11-17-13)12-4-6-20-15(8-12)5-7-19-10-15/h9,11-12,14,16H,3-8,10H2,1-2H3. The Balaban J connectivity index is 1.76. The predicted octanol–water partition coefficient (Wildman–Crippen LogP) is 1.66. The molecule has 5 nitrogen and oxygen atoms in total. The zero-order chi connectivity index (χ0) is 14.0. The molecule has 2 aliphatic rings. The Morgan fingerprint density at radius 2 is 2.45 bits per heavy atom. The second-order valence-corrected chi connectivity index (χ2v) is 6.09. The first-order valence-corrected chi connectivity index (χ1v) is 7.65. The van der Waals surface area contributed by atoms with E-state index in [0.29, 0.717) is 12.0 Å². The minimum Gasteiger partial charge on any atom is -0.378 e. The van der Waals surface area contributed by atoms with E-state index in [0.717, 1.165) is 51.3 Å². The van der Waals surface area contributed by atoms with Gasteiger partial charge in [0, 0.05) is 32.9 Å². The summed E-state index contributed by atoms with van der Waals surface area (Å²) in [5, 5.41) is 3.62. The van der Waals surface area contributed by atoms with Gasteiger partial charge in [-0.3, -0.25) is 0 Å². The minimum atomic E-state index is -0.0363. The number of hydrogen-bond donors (Lipinski definition) is 1. The fraction of sp³-hybridized carbons (Fsp3) is 0.800. The molecule has 0 bridgehead atoms. The van der Waals surface area contributed by atoms with Crippen LogP contribution < -0.4 is 5.32 Å². The van der Waals surface area contributed by atoms with Crippen LogP contribution in [0.3, 0.4) is 0 Å². The number of ether oxygens (including phenoxy) is 2. The van der Waals surface area contributed by atoms with E-state index in [-0.39, 0.29) is 5.60 Å². The molecule has 5 heteroatoms. The van der Waals surface area contributed by atoms with Crippen LogP contribution in [0.5, 0.6) is 0 Å². The van der Waals surface area contributed by atoms with Crippen LogP contribution in [0, 0.1) is 5.92 Å². The number of imidazole rings is 1. The third-order valence-electron chi connectivity index (χ3n) is 4.54. The maximum Gasteiger partial charge on any atom is 0.0947 e. The molecule has 1 spiro atoms. The van der Waals surface area contributed by atoms with Gasteiger partial charge in [-0.25, -0.2) is 4.98 Å². The normalized spacial score (nSPS) is 31.8. The maximum atomic E-state index is 6.05. The first-order chi connectivity index (χ1) is 9.72. The highest BCUT2D eigenvalue weighted by Gasteiger charge is 2.43. The molecule has 0 saturated carbocycles. The molecule has 0 amide bonds. The van der Waals surface area contributed by atoms with Gasteiger partial charge in [0.2, 0.25) is 0 Å². The number of nitrogens with zero attached hydrogens (tertiary/aromatic N) is 2. The molecule has 0 aliphatic carbocycles. The molecule has 20 heavy (non-hydrogen) atoms. The molecule has 112 valence electrons. The fourth-order valence-electron chi connectivity index (χ4n) is 3.54. The first-order valence-electron chi connectivity index (χ1n) is 7.65. The third kappa shape index (κ3) is 2.75. The third-order valence-corrected chi connectivity index (χ3v) is 4.54. The van der Waals surface area contributed by atoms with E-state index in [9.17, 15) is 0 Å². The lowest BCUT2D eigenvalue weighted by Gasteiger charge is -2.40. The van der Waals surface area contributed by atoms with Gasteiger partial charge in [0.25, 0.3) is 0 Å². The molecule has 3 rings (SSSR count). The van der Waals surface area contributed by atoms with E-state index in [2.05, 4.69) is 23.4 Å². The van der Waals surface area contributed by atoms with Gasteiger partial charge in [0.1, 0.15) is 0 Å². The van der Waals surface area contributed by atoms with Crippen molar-refractivity contribution >= 4 is 0 Å². The van der Waals surface area contributed by atoms with Crippen molar-refractivity contribution < 1.29 is 9.47 Å². The predicted molar refractivity (Wildman–Crippen MR) is 76.5 cm³/mol. The maximum absolute atomic E-state index is 6.05. The van der Waals surface area contributed by atoms with Crippen LogP contribution >= 0.6 is 0 Å². The zero-order valence-corrected chi connectivity index (χ0v) is 12.5. The topological polar surface area (TPSA) is 48.3 Å². The number of hydrogen-bond acceptors (Lipinski definition) is 4. The molecule has 3 heterocycles. The van der Waals surface area contributed by atoms with Crippen LogP contribution in [0.25, 0.3) is 0 Å². The lowest BCUT2D eigenvalue weighted by atomic mass is 9.80. The summed E-state index contributed by atoms with van der Waals surface area (Å²) >= 11 is 0. The Morgan fingerprint density at radius 1 is 1.55 bits per heavy atom. The van der Waals surface area contributed by atoms with Crippen molar-refractivity contribution in [2.45, 2.75) is 37.8 Å². The van der Waals surface area contributed by atoms with Crippen LogP contribution in [-0.4, -0.2) is 41.5 Å². The summed E-state index contributed by atoms with van der Waals surface area (Å²) in [7, 11) is 2.02. The largest absolute Gasteiger partial charge is 0.378 e. The lowest BCUT2D eigenvalue weighted by Crippen LogP contribution is -2.44. The monoisotopic (exact) mass is 279 g/mol. The van der Waals surface area contributed by atoms with Gasteiger partial charge < -0.3 is 19.4 Å². The molecule has 2 saturated heterocycles. The average molecular weight is 279 g/mol. The van der Waals surface area contributed by atoms with Crippen molar-refractivity contribution in [3.63, 3.8) is 0 Å². The van der Waals surface area contributed by atoms with Gasteiger partial charge in [0.05, 0.1) is 30.3 Å². The Hall–Kier alpha value is -0.910. The molecule has 1 N–H and O–H groups in total. The van der Waals surface area contributed by atoms with Crippen LogP contribution in [0.4, 0.5) is 0 Å². The highest BCUT2D eigenvalue weighted by Crippen LogP contribution is 2.40. The van der Waals surface area contributed by atoms with Crippen molar-refractivity contribution in [2.75, 3.05) is 26.4 Å². The van der Waals surface area contributed by atoms with Crippen LogP contribution in [0.15, 0.2) is 12.5 Å². The van der Waals surface area contributed by atoms with Gasteiger partial charge in [-0.15, -0.1) is 0 Å². The zero-order valence-electron chi connectivity index (χ0n) is 12.5. The lowest BCUT2D eigenvalue weighted by molar-refractivity contribution is -0.103. The van der Waals surface area contributed by atoms with Gasteiger partial charge in [-0.2, -0.15) is 0 Å². The summed E-state index contributed by atoms with van der Waals surface area (Å²) in [4.78, 5) is 4.55. The number of aromatic nitrogens is 2. The molecule has 1 aromatic heterocycles. The number of nitrogens with one attached hydrogen (secondary N) is 1. The SMILES string of the molecule is CCNC(c1cn(C)cn1)C1CCOC2(CCOC2)C1. The molecule has 1 aromatic rings. The van der Waals surface area contributed by atoms with Crippen molar-refractivity contribution in [1.29, 1.82) is 0 Å². The van der Waals surface area contributed by atoms with E-state index in [4.69, 9.17) is 9.47 Å². The second-order valence-electron chi connectivity index (χ2n) is 6.09. The highest BCUT2D eigenvalue weighted by molar-refractivity contribution is 5.07.